The van der Waals surface area contributed by atoms with E-state index in [1.54, 1.807) is 0 Å². The number of ketones is 1. The number of ether oxygens (including phenoxy) is 1. The van der Waals surface area contributed by atoms with Gasteiger partial charge in [-0.1, -0.05) is 17.7 Å². The van der Waals surface area contributed by atoms with Gasteiger partial charge in [0.2, 0.25) is 5.78 Å². The number of aliphatic imine (C=N–C) groups is 1. The predicted octanol–water partition coefficient (Wildman–Crippen LogP) is 1.42. The van der Waals surface area contributed by atoms with Crippen molar-refractivity contribution in [2.75, 3.05) is 13.7 Å². The first-order valence-electron chi connectivity index (χ1n) is 6.12. The Bertz CT molecular complexity index is 647. The molecule has 22 heavy (non-hydrogen) atoms. The summed E-state index contributed by atoms with van der Waals surface area (Å²) >= 11 is 5.76. The normalized spacial score (nSPS) is 12.6. The van der Waals surface area contributed by atoms with Gasteiger partial charge in [0.15, 0.2) is 6.61 Å². The van der Waals surface area contributed by atoms with Crippen molar-refractivity contribution in [2.24, 2.45) is 16.5 Å². The van der Waals surface area contributed by atoms with Crippen molar-refractivity contribution in [2.45, 2.75) is 6.92 Å². The summed E-state index contributed by atoms with van der Waals surface area (Å²) in [6.45, 7) is 0.734. The highest BCUT2D eigenvalue weighted by Gasteiger charge is 2.21. The molecule has 0 saturated carbocycles. The Morgan fingerprint density at radius 2 is 2.00 bits per heavy atom. The van der Waals surface area contributed by atoms with E-state index in [9.17, 15) is 14.0 Å². The van der Waals surface area contributed by atoms with Crippen LogP contribution in [0.4, 0.5) is 4.39 Å². The molecule has 1 aromatic carbocycles. The zero-order valence-corrected chi connectivity index (χ0v) is 12.8. The van der Waals surface area contributed by atoms with Gasteiger partial charge in [0.05, 0.1) is 10.6 Å². The van der Waals surface area contributed by atoms with Gasteiger partial charge in [0.1, 0.15) is 17.2 Å². The zero-order valence-electron chi connectivity index (χ0n) is 12.0. The SMILES string of the molecule is CN=C(N)C(C(=O)OCC(=O)c1c(F)cccc1Cl)=C(C)N. The minimum Gasteiger partial charge on any atom is -0.454 e. The molecule has 118 valence electrons. The number of nitrogens with two attached hydrogens (primary N) is 2. The summed E-state index contributed by atoms with van der Waals surface area (Å²) in [6.07, 6.45) is 0. The summed E-state index contributed by atoms with van der Waals surface area (Å²) in [6, 6.07) is 3.80. The van der Waals surface area contributed by atoms with Crippen LogP contribution in [0.25, 0.3) is 0 Å². The molecular weight excluding hydrogens is 313 g/mol. The van der Waals surface area contributed by atoms with E-state index >= 15 is 0 Å². The van der Waals surface area contributed by atoms with Crippen LogP contribution in [0.2, 0.25) is 5.02 Å². The molecule has 8 heteroatoms. The molecule has 0 aromatic heterocycles. The molecule has 0 spiro atoms. The number of halogens is 2. The number of benzene rings is 1. The van der Waals surface area contributed by atoms with Crippen LogP contribution in [-0.4, -0.2) is 31.2 Å². The summed E-state index contributed by atoms with van der Waals surface area (Å²) in [5.74, 6) is -2.63. The number of hydrogen-bond acceptors (Lipinski definition) is 5. The van der Waals surface area contributed by atoms with E-state index in [2.05, 4.69) is 4.99 Å². The fraction of sp³-hybridized carbons (Fsp3) is 0.214. The van der Waals surface area contributed by atoms with Gasteiger partial charge in [-0.3, -0.25) is 9.79 Å². The first-order chi connectivity index (χ1) is 10.3. The lowest BCUT2D eigenvalue weighted by atomic mass is 10.1. The van der Waals surface area contributed by atoms with Crippen molar-refractivity contribution >= 4 is 29.2 Å². The van der Waals surface area contributed by atoms with Crippen LogP contribution in [0.15, 0.2) is 34.5 Å². The van der Waals surface area contributed by atoms with Gasteiger partial charge in [-0.2, -0.15) is 0 Å². The van der Waals surface area contributed by atoms with E-state index in [0.29, 0.717) is 0 Å². The largest absolute Gasteiger partial charge is 0.454 e. The van der Waals surface area contributed by atoms with Crippen LogP contribution in [0.1, 0.15) is 17.3 Å². The molecule has 0 aliphatic rings. The Morgan fingerprint density at radius 1 is 1.36 bits per heavy atom. The Morgan fingerprint density at radius 3 is 2.50 bits per heavy atom. The molecule has 0 aliphatic heterocycles. The van der Waals surface area contributed by atoms with Gasteiger partial charge in [0.25, 0.3) is 0 Å². The molecule has 6 nitrogen and oxygen atoms in total. The van der Waals surface area contributed by atoms with Crippen LogP contribution in [-0.2, 0) is 9.53 Å². The highest BCUT2D eigenvalue weighted by Crippen LogP contribution is 2.19. The zero-order chi connectivity index (χ0) is 16.9. The van der Waals surface area contributed by atoms with Crippen molar-refractivity contribution in [3.63, 3.8) is 0 Å². The monoisotopic (exact) mass is 327 g/mol. The fourth-order valence-electron chi connectivity index (χ4n) is 1.62. The summed E-state index contributed by atoms with van der Waals surface area (Å²) in [4.78, 5) is 27.4. The average Bonchev–Trinajstić information content (AvgIpc) is 2.44. The van der Waals surface area contributed by atoms with Crippen LogP contribution in [0.3, 0.4) is 0 Å². The highest BCUT2D eigenvalue weighted by molar-refractivity contribution is 6.34. The van der Waals surface area contributed by atoms with E-state index in [-0.39, 0.29) is 27.7 Å². The summed E-state index contributed by atoms with van der Waals surface area (Å²) in [7, 11) is 1.37. The van der Waals surface area contributed by atoms with E-state index in [1.165, 1.54) is 26.1 Å². The lowest BCUT2D eigenvalue weighted by Crippen LogP contribution is -2.27. The molecule has 1 aromatic rings. The number of carbonyl (C=O) groups is 2. The maximum atomic E-state index is 13.6. The number of carbonyl (C=O) groups excluding carboxylic acids is 2. The van der Waals surface area contributed by atoms with Gasteiger partial charge in [-0.25, -0.2) is 9.18 Å². The summed E-state index contributed by atoms with van der Waals surface area (Å²) in [5, 5.41) is -0.0681. The number of esters is 1. The predicted molar refractivity (Wildman–Crippen MR) is 81.1 cm³/mol. The Hall–Kier alpha value is -2.41. The number of rotatable bonds is 5. The third kappa shape index (κ3) is 4.05. The Kier molecular flexibility index (Phi) is 6.06. The number of allylic oxidation sites excluding steroid dienone is 1. The van der Waals surface area contributed by atoms with Crippen molar-refractivity contribution in [1.29, 1.82) is 0 Å². The van der Waals surface area contributed by atoms with Gasteiger partial charge in [-0.15, -0.1) is 0 Å². The van der Waals surface area contributed by atoms with Crippen LogP contribution >= 0.6 is 11.6 Å². The lowest BCUT2D eigenvalue weighted by molar-refractivity contribution is -0.137. The summed E-state index contributed by atoms with van der Waals surface area (Å²) < 4.78 is 18.4. The molecule has 0 heterocycles. The molecule has 0 saturated heterocycles. The smallest absolute Gasteiger partial charge is 0.344 e. The molecule has 0 radical (unpaired) electrons. The Balaban J connectivity index is 2.88. The van der Waals surface area contributed by atoms with Crippen molar-refractivity contribution in [1.82, 2.24) is 0 Å². The molecule has 0 amide bonds. The first-order valence-corrected chi connectivity index (χ1v) is 6.50. The van der Waals surface area contributed by atoms with Gasteiger partial charge >= 0.3 is 5.97 Å². The highest BCUT2D eigenvalue weighted by atomic mass is 35.5. The molecule has 0 bridgehead atoms. The second kappa shape index (κ2) is 7.56. The maximum absolute atomic E-state index is 13.6. The molecule has 0 aliphatic carbocycles. The first kappa shape index (κ1) is 17.6. The summed E-state index contributed by atoms with van der Waals surface area (Å²) in [5.41, 5.74) is 10.7. The number of nitrogens with zero attached hydrogens (tertiary/aromatic N) is 1. The average molecular weight is 328 g/mol. The van der Waals surface area contributed by atoms with Crippen LogP contribution in [0.5, 0.6) is 0 Å². The minimum absolute atomic E-state index is 0.0681. The molecule has 0 unspecified atom stereocenters. The number of hydrogen-bond donors (Lipinski definition) is 2. The van der Waals surface area contributed by atoms with E-state index in [1.807, 2.05) is 0 Å². The molecule has 0 atom stereocenters. The topological polar surface area (TPSA) is 108 Å². The van der Waals surface area contributed by atoms with E-state index < -0.39 is 24.2 Å². The molecular formula is C14H15ClFN3O3. The van der Waals surface area contributed by atoms with Crippen molar-refractivity contribution in [3.05, 3.63) is 45.9 Å². The van der Waals surface area contributed by atoms with Crippen LogP contribution in [0, 0.1) is 5.82 Å². The fourth-order valence-corrected chi connectivity index (χ4v) is 1.89. The quantitative estimate of drug-likeness (QED) is 0.279. The molecule has 1 rings (SSSR count). The van der Waals surface area contributed by atoms with E-state index in [0.717, 1.165) is 6.07 Å². The van der Waals surface area contributed by atoms with Gasteiger partial charge in [0, 0.05) is 12.7 Å². The Labute approximate surface area is 131 Å². The minimum atomic E-state index is -0.927. The second-order valence-electron chi connectivity index (χ2n) is 4.26. The van der Waals surface area contributed by atoms with Crippen molar-refractivity contribution < 1.29 is 18.7 Å². The standard InChI is InChI=1S/C14H15ClFN3O3/c1-7(17)11(13(18)19-2)14(21)22-6-10(20)12-8(15)4-3-5-9(12)16/h3-5H,6,17H2,1-2H3,(H2,18,19). The second-order valence-corrected chi connectivity index (χ2v) is 4.67. The lowest BCUT2D eigenvalue weighted by Gasteiger charge is -2.09. The van der Waals surface area contributed by atoms with E-state index in [4.69, 9.17) is 27.8 Å². The molecule has 0 fully saturated rings. The maximum Gasteiger partial charge on any atom is 0.344 e. The number of Topliss-reactive ketones (excluding diaryl/α,β-unsaturated/α-hetero) is 1. The van der Waals surface area contributed by atoms with Gasteiger partial charge in [-0.05, 0) is 19.1 Å². The molecule has 4 N–H and O–H groups in total. The van der Waals surface area contributed by atoms with Crippen molar-refractivity contribution in [3.8, 4) is 0 Å². The number of amidine groups is 1. The third-order valence-electron chi connectivity index (χ3n) is 2.67. The van der Waals surface area contributed by atoms with Gasteiger partial charge < -0.3 is 16.2 Å². The van der Waals surface area contributed by atoms with Crippen LogP contribution < -0.4 is 11.5 Å². The third-order valence-corrected chi connectivity index (χ3v) is 2.99.